The molecule has 0 spiro atoms. The van der Waals surface area contributed by atoms with Gasteiger partial charge in [0.25, 0.3) is 11.7 Å². The molecule has 6 nitrogen and oxygen atoms in total. The number of para-hydroxylation sites is 1. The highest BCUT2D eigenvalue weighted by molar-refractivity contribution is 6.51. The minimum absolute atomic E-state index is 0.0211. The Labute approximate surface area is 234 Å². The normalized spacial score (nSPS) is 16.4. The van der Waals surface area contributed by atoms with Gasteiger partial charge in [0.2, 0.25) is 0 Å². The van der Waals surface area contributed by atoms with Crippen LogP contribution < -0.4 is 14.4 Å². The van der Waals surface area contributed by atoms with Gasteiger partial charge in [-0.2, -0.15) is 0 Å². The van der Waals surface area contributed by atoms with E-state index in [2.05, 4.69) is 0 Å². The molecule has 0 saturated carbocycles. The molecule has 1 atom stereocenters. The maximum atomic E-state index is 13.4. The first-order valence-electron chi connectivity index (χ1n) is 13.3. The molecule has 1 aliphatic rings. The van der Waals surface area contributed by atoms with Gasteiger partial charge in [0.1, 0.15) is 23.9 Å². The monoisotopic (exact) mass is 533 g/mol. The van der Waals surface area contributed by atoms with Crippen LogP contribution in [-0.2, 0) is 16.2 Å². The molecule has 1 unspecified atom stereocenters. The van der Waals surface area contributed by atoms with Gasteiger partial charge < -0.3 is 14.6 Å². The van der Waals surface area contributed by atoms with E-state index in [-0.39, 0.29) is 11.3 Å². The summed E-state index contributed by atoms with van der Waals surface area (Å²) in [5.41, 5.74) is 2.70. The van der Waals surface area contributed by atoms with Crippen LogP contribution in [0.5, 0.6) is 11.5 Å². The third-order valence-electron chi connectivity index (χ3n) is 6.61. The predicted octanol–water partition coefficient (Wildman–Crippen LogP) is 6.93. The number of carbonyl (C=O) groups excluding carboxylic acids is 2. The van der Waals surface area contributed by atoms with E-state index in [9.17, 15) is 14.7 Å². The molecule has 1 amide bonds. The molecule has 6 heteroatoms. The van der Waals surface area contributed by atoms with Crippen molar-refractivity contribution in [2.24, 2.45) is 5.92 Å². The lowest BCUT2D eigenvalue weighted by atomic mass is 9.95. The molecule has 1 aliphatic heterocycles. The average Bonchev–Trinajstić information content (AvgIpc) is 3.25. The Morgan fingerprint density at radius 1 is 0.800 bits per heavy atom. The third kappa shape index (κ3) is 5.76. The van der Waals surface area contributed by atoms with Crippen LogP contribution in [0.15, 0.2) is 115 Å². The van der Waals surface area contributed by atoms with E-state index < -0.39 is 17.7 Å². The Kier molecular flexibility index (Phi) is 7.97. The third-order valence-corrected chi connectivity index (χ3v) is 6.61. The van der Waals surface area contributed by atoms with Crippen LogP contribution >= 0.6 is 0 Å². The lowest BCUT2D eigenvalue weighted by Crippen LogP contribution is -2.29. The van der Waals surface area contributed by atoms with Gasteiger partial charge in [0.05, 0.1) is 18.2 Å². The molecule has 5 rings (SSSR count). The summed E-state index contributed by atoms with van der Waals surface area (Å²) in [5, 5.41) is 11.5. The van der Waals surface area contributed by atoms with E-state index in [0.717, 1.165) is 5.56 Å². The summed E-state index contributed by atoms with van der Waals surface area (Å²) in [7, 11) is 0. The van der Waals surface area contributed by atoms with Crippen molar-refractivity contribution in [2.75, 3.05) is 11.5 Å². The zero-order chi connectivity index (χ0) is 28.1. The summed E-state index contributed by atoms with van der Waals surface area (Å²) in [5.74, 6) is -0.140. The van der Waals surface area contributed by atoms with Crippen LogP contribution in [0.4, 0.5) is 5.69 Å². The van der Waals surface area contributed by atoms with Crippen molar-refractivity contribution in [1.82, 2.24) is 0 Å². The first-order valence-corrected chi connectivity index (χ1v) is 13.3. The number of hydrogen-bond donors (Lipinski definition) is 1. The van der Waals surface area contributed by atoms with E-state index in [1.165, 1.54) is 4.90 Å². The zero-order valence-electron chi connectivity index (χ0n) is 22.5. The number of carbonyl (C=O) groups is 2. The fourth-order valence-corrected chi connectivity index (χ4v) is 4.64. The van der Waals surface area contributed by atoms with Crippen molar-refractivity contribution in [3.63, 3.8) is 0 Å². The second-order valence-corrected chi connectivity index (χ2v) is 10.1. The zero-order valence-corrected chi connectivity index (χ0v) is 22.5. The minimum Gasteiger partial charge on any atom is -0.507 e. The van der Waals surface area contributed by atoms with E-state index in [4.69, 9.17) is 9.47 Å². The molecule has 1 N–H and O–H groups in total. The van der Waals surface area contributed by atoms with Gasteiger partial charge >= 0.3 is 0 Å². The number of benzene rings is 4. The maximum absolute atomic E-state index is 13.4. The highest BCUT2D eigenvalue weighted by Gasteiger charge is 2.47. The Morgan fingerprint density at radius 3 is 2.15 bits per heavy atom. The van der Waals surface area contributed by atoms with Gasteiger partial charge in [0.15, 0.2) is 0 Å². The highest BCUT2D eigenvalue weighted by atomic mass is 16.5. The van der Waals surface area contributed by atoms with Crippen LogP contribution in [-0.4, -0.2) is 23.4 Å². The number of rotatable bonds is 9. The fourth-order valence-electron chi connectivity index (χ4n) is 4.64. The highest BCUT2D eigenvalue weighted by Crippen LogP contribution is 2.42. The second-order valence-electron chi connectivity index (χ2n) is 10.1. The SMILES string of the molecule is CC(C)COc1cccc(/C(O)=C2/C(=O)C(=O)N(c3ccccc3)C2c2ccc(OCc3ccccc3)cc2)c1. The molecule has 40 heavy (non-hydrogen) atoms. The number of ether oxygens (including phenoxy) is 2. The number of ketones is 1. The van der Waals surface area contributed by atoms with E-state index in [1.807, 2.05) is 86.6 Å². The van der Waals surface area contributed by atoms with Crippen molar-refractivity contribution in [3.05, 3.63) is 131 Å². The van der Waals surface area contributed by atoms with Crippen molar-refractivity contribution in [3.8, 4) is 11.5 Å². The maximum Gasteiger partial charge on any atom is 0.300 e. The smallest absolute Gasteiger partial charge is 0.300 e. The van der Waals surface area contributed by atoms with Crippen LogP contribution in [0, 0.1) is 5.92 Å². The van der Waals surface area contributed by atoms with Gasteiger partial charge in [-0.1, -0.05) is 86.6 Å². The van der Waals surface area contributed by atoms with Gasteiger partial charge in [-0.25, -0.2) is 0 Å². The molecule has 202 valence electrons. The van der Waals surface area contributed by atoms with Crippen molar-refractivity contribution in [2.45, 2.75) is 26.5 Å². The lowest BCUT2D eigenvalue weighted by molar-refractivity contribution is -0.132. The minimum atomic E-state index is -0.828. The van der Waals surface area contributed by atoms with Gasteiger partial charge in [-0.15, -0.1) is 0 Å². The molecular formula is C34H31NO5. The molecule has 1 heterocycles. The van der Waals surface area contributed by atoms with Gasteiger partial charge in [-0.3, -0.25) is 14.5 Å². The van der Waals surface area contributed by atoms with Crippen LogP contribution in [0.1, 0.15) is 36.6 Å². The van der Waals surface area contributed by atoms with Crippen LogP contribution in [0.25, 0.3) is 5.76 Å². The molecule has 0 aliphatic carbocycles. The number of aliphatic hydroxyl groups excluding tert-OH is 1. The molecule has 0 aromatic heterocycles. The summed E-state index contributed by atoms with van der Waals surface area (Å²) in [6.45, 7) is 5.03. The molecule has 0 radical (unpaired) electrons. The number of aliphatic hydroxyl groups is 1. The van der Waals surface area contributed by atoms with Crippen molar-refractivity contribution >= 4 is 23.1 Å². The number of anilines is 1. The first kappa shape index (κ1) is 26.8. The average molecular weight is 534 g/mol. The Hall–Kier alpha value is -4.84. The molecule has 0 bridgehead atoms. The quantitative estimate of drug-likeness (QED) is 0.143. The Morgan fingerprint density at radius 2 is 1.48 bits per heavy atom. The first-order chi connectivity index (χ1) is 19.4. The summed E-state index contributed by atoms with van der Waals surface area (Å²) in [6.07, 6.45) is 0. The van der Waals surface area contributed by atoms with Crippen molar-refractivity contribution in [1.29, 1.82) is 0 Å². The Balaban J connectivity index is 1.53. The standard InChI is InChI=1S/C34H31NO5/c1-23(2)21-39-29-15-9-12-26(20-29)32(36)30-31(35(34(38)33(30)37)27-13-7-4-8-14-27)25-16-18-28(19-17-25)40-22-24-10-5-3-6-11-24/h3-20,23,31,36H,21-22H2,1-2H3/b32-30-. The summed E-state index contributed by atoms with van der Waals surface area (Å²) in [4.78, 5) is 28.3. The van der Waals surface area contributed by atoms with Gasteiger partial charge in [-0.05, 0) is 53.4 Å². The second kappa shape index (κ2) is 11.9. The summed E-state index contributed by atoms with van der Waals surface area (Å²) in [6, 6.07) is 32.2. The number of hydrogen-bond acceptors (Lipinski definition) is 5. The molecule has 1 fully saturated rings. The van der Waals surface area contributed by atoms with E-state index in [0.29, 0.717) is 47.4 Å². The Bertz CT molecular complexity index is 1510. The van der Waals surface area contributed by atoms with Gasteiger partial charge in [0, 0.05) is 11.3 Å². The van der Waals surface area contributed by atoms with Crippen LogP contribution in [0.2, 0.25) is 0 Å². The van der Waals surface area contributed by atoms with Crippen LogP contribution in [0.3, 0.4) is 0 Å². The molecule has 4 aromatic rings. The molecule has 1 saturated heterocycles. The lowest BCUT2D eigenvalue weighted by Gasteiger charge is -2.25. The molecule has 4 aromatic carbocycles. The number of amides is 1. The van der Waals surface area contributed by atoms with Crippen molar-refractivity contribution < 1.29 is 24.2 Å². The van der Waals surface area contributed by atoms with E-state index >= 15 is 0 Å². The topological polar surface area (TPSA) is 76.1 Å². The molecular weight excluding hydrogens is 502 g/mol. The number of Topliss-reactive ketones (excluding diaryl/α,β-unsaturated/α-hetero) is 1. The van der Waals surface area contributed by atoms with E-state index in [1.54, 1.807) is 36.4 Å². The summed E-state index contributed by atoms with van der Waals surface area (Å²) >= 11 is 0. The fraction of sp³-hybridized carbons (Fsp3) is 0.176. The predicted molar refractivity (Wildman–Crippen MR) is 155 cm³/mol. The summed E-state index contributed by atoms with van der Waals surface area (Å²) < 4.78 is 11.8. The largest absolute Gasteiger partial charge is 0.507 e. The number of nitrogens with zero attached hydrogens (tertiary/aromatic N) is 1.